The first-order valence-corrected chi connectivity index (χ1v) is 9.22. The molecule has 1 aliphatic heterocycles. The third-order valence-electron chi connectivity index (χ3n) is 4.78. The van der Waals surface area contributed by atoms with Gasteiger partial charge in [-0.25, -0.2) is 0 Å². The largest absolute Gasteiger partial charge is 0.372 e. The van der Waals surface area contributed by atoms with Crippen molar-refractivity contribution in [1.29, 1.82) is 0 Å². The first kappa shape index (κ1) is 15.7. The maximum Gasteiger partial charge on any atom is 0.255 e. The first-order valence-electron chi connectivity index (χ1n) is 8.28. The highest BCUT2D eigenvalue weighted by molar-refractivity contribution is 7.08. The summed E-state index contributed by atoms with van der Waals surface area (Å²) in [6.07, 6.45) is 5.42. The van der Waals surface area contributed by atoms with Crippen LogP contribution >= 0.6 is 11.3 Å². The number of aromatic nitrogens is 1. The topological polar surface area (TPSA) is 51.7 Å². The summed E-state index contributed by atoms with van der Waals surface area (Å²) in [6, 6.07) is 5.93. The van der Waals surface area contributed by atoms with E-state index in [0.29, 0.717) is 19.8 Å². The summed E-state index contributed by atoms with van der Waals surface area (Å²) >= 11 is 1.55. The van der Waals surface area contributed by atoms with Gasteiger partial charge in [0.05, 0.1) is 30.9 Å². The van der Waals surface area contributed by atoms with E-state index >= 15 is 0 Å². The van der Waals surface area contributed by atoms with Crippen molar-refractivity contribution in [2.75, 3.05) is 13.2 Å². The molecular formula is C18H20N2O3S. The maximum absolute atomic E-state index is 12.7. The van der Waals surface area contributed by atoms with Gasteiger partial charge in [-0.1, -0.05) is 0 Å². The van der Waals surface area contributed by atoms with Gasteiger partial charge in [0.1, 0.15) is 6.10 Å². The van der Waals surface area contributed by atoms with Crippen LogP contribution in [0.15, 0.2) is 41.4 Å². The van der Waals surface area contributed by atoms with Gasteiger partial charge in [0, 0.05) is 24.3 Å². The van der Waals surface area contributed by atoms with Gasteiger partial charge in [0.25, 0.3) is 5.91 Å². The van der Waals surface area contributed by atoms with Crippen molar-refractivity contribution in [3.8, 4) is 0 Å². The van der Waals surface area contributed by atoms with Gasteiger partial charge < -0.3 is 14.4 Å². The Balaban J connectivity index is 1.42. The molecule has 4 rings (SSSR count). The van der Waals surface area contributed by atoms with Gasteiger partial charge in [-0.05, 0) is 42.0 Å². The number of carbonyl (C=O) groups is 1. The van der Waals surface area contributed by atoms with E-state index in [1.165, 1.54) is 0 Å². The Morgan fingerprint density at radius 2 is 2.21 bits per heavy atom. The number of rotatable bonds is 4. The SMILES string of the molecule is O=C(c1ccsc1)N1CCO[C@H]2[C@H](OCc3ccncc3)CC[C@@H]21. The van der Waals surface area contributed by atoms with Crippen LogP contribution in [0.25, 0.3) is 0 Å². The average molecular weight is 344 g/mol. The van der Waals surface area contributed by atoms with Crippen LogP contribution in [0.1, 0.15) is 28.8 Å². The van der Waals surface area contributed by atoms with E-state index in [-0.39, 0.29) is 24.2 Å². The summed E-state index contributed by atoms with van der Waals surface area (Å²) in [5, 5.41) is 3.86. The molecule has 2 aromatic heterocycles. The Kier molecular flexibility index (Phi) is 4.60. The molecule has 1 saturated carbocycles. The minimum atomic E-state index is -0.0248. The fourth-order valence-electron chi connectivity index (χ4n) is 3.58. The zero-order valence-electron chi connectivity index (χ0n) is 13.3. The molecule has 0 N–H and O–H groups in total. The summed E-state index contributed by atoms with van der Waals surface area (Å²) in [5.74, 6) is 0.115. The predicted molar refractivity (Wildman–Crippen MR) is 90.9 cm³/mol. The minimum Gasteiger partial charge on any atom is -0.372 e. The molecule has 0 spiro atoms. The molecule has 1 amide bonds. The standard InChI is InChI=1S/C18H20N2O3S/c21-18(14-5-10-24-12-14)20-8-9-22-17-15(20)1-2-16(17)23-11-13-3-6-19-7-4-13/h3-7,10,12,15-17H,1-2,8-9,11H2/t15-,16+,17+/m0/s1. The van der Waals surface area contributed by atoms with Gasteiger partial charge in [-0.3, -0.25) is 9.78 Å². The highest BCUT2D eigenvalue weighted by atomic mass is 32.1. The van der Waals surface area contributed by atoms with Gasteiger partial charge in [0.2, 0.25) is 0 Å². The Morgan fingerprint density at radius 3 is 3.00 bits per heavy atom. The van der Waals surface area contributed by atoms with E-state index in [0.717, 1.165) is 24.0 Å². The van der Waals surface area contributed by atoms with Crippen LogP contribution in [0.5, 0.6) is 0 Å². The number of ether oxygens (including phenoxy) is 2. The number of fused-ring (bicyclic) bond motifs is 1. The zero-order chi connectivity index (χ0) is 16.4. The lowest BCUT2D eigenvalue weighted by atomic mass is 10.1. The Hall–Kier alpha value is -1.76. The van der Waals surface area contributed by atoms with Crippen LogP contribution in [0, 0.1) is 0 Å². The van der Waals surface area contributed by atoms with E-state index in [9.17, 15) is 4.79 Å². The highest BCUT2D eigenvalue weighted by Gasteiger charge is 2.45. The molecule has 2 aliphatic rings. The van der Waals surface area contributed by atoms with E-state index in [2.05, 4.69) is 4.98 Å². The fourth-order valence-corrected chi connectivity index (χ4v) is 4.21. The lowest BCUT2D eigenvalue weighted by Gasteiger charge is -2.39. The molecule has 1 aliphatic carbocycles. The van der Waals surface area contributed by atoms with Crippen molar-refractivity contribution in [3.63, 3.8) is 0 Å². The van der Waals surface area contributed by atoms with Crippen molar-refractivity contribution in [2.24, 2.45) is 0 Å². The molecule has 0 bridgehead atoms. The number of nitrogens with zero attached hydrogens (tertiary/aromatic N) is 2. The molecule has 0 unspecified atom stereocenters. The molecule has 1 saturated heterocycles. The number of pyridine rings is 1. The second kappa shape index (κ2) is 7.01. The monoisotopic (exact) mass is 344 g/mol. The summed E-state index contributed by atoms with van der Waals surface area (Å²) < 4.78 is 12.1. The fraction of sp³-hybridized carbons (Fsp3) is 0.444. The van der Waals surface area contributed by atoms with Crippen LogP contribution in [0.4, 0.5) is 0 Å². The minimum absolute atomic E-state index is 0.0248. The van der Waals surface area contributed by atoms with Gasteiger partial charge in [0.15, 0.2) is 0 Å². The smallest absolute Gasteiger partial charge is 0.255 e. The number of morpholine rings is 1. The maximum atomic E-state index is 12.7. The molecule has 0 radical (unpaired) electrons. The van der Waals surface area contributed by atoms with E-state index < -0.39 is 0 Å². The predicted octanol–water partition coefficient (Wildman–Crippen LogP) is 2.73. The number of hydrogen-bond donors (Lipinski definition) is 0. The van der Waals surface area contributed by atoms with Crippen molar-refractivity contribution in [3.05, 3.63) is 52.5 Å². The number of amides is 1. The average Bonchev–Trinajstić information content (AvgIpc) is 3.30. The number of hydrogen-bond acceptors (Lipinski definition) is 5. The number of carbonyl (C=O) groups excluding carboxylic acids is 1. The summed E-state index contributed by atoms with van der Waals surface area (Å²) in [6.45, 7) is 1.79. The lowest BCUT2D eigenvalue weighted by molar-refractivity contribution is -0.108. The van der Waals surface area contributed by atoms with Crippen LogP contribution < -0.4 is 0 Å². The van der Waals surface area contributed by atoms with E-state index in [4.69, 9.17) is 9.47 Å². The second-order valence-corrected chi connectivity index (χ2v) is 6.98. The van der Waals surface area contributed by atoms with Gasteiger partial charge in [-0.15, -0.1) is 0 Å². The molecule has 3 heterocycles. The van der Waals surface area contributed by atoms with Gasteiger partial charge >= 0.3 is 0 Å². The molecule has 24 heavy (non-hydrogen) atoms. The van der Waals surface area contributed by atoms with E-state index in [1.807, 2.05) is 33.9 Å². The molecule has 0 aromatic carbocycles. The third kappa shape index (κ3) is 3.09. The number of thiophene rings is 1. The first-order chi connectivity index (χ1) is 11.8. The summed E-state index contributed by atoms with van der Waals surface area (Å²) in [4.78, 5) is 18.7. The quantitative estimate of drug-likeness (QED) is 0.856. The Morgan fingerprint density at radius 1 is 1.33 bits per heavy atom. The zero-order valence-corrected chi connectivity index (χ0v) is 14.2. The Bertz CT molecular complexity index is 677. The third-order valence-corrected chi connectivity index (χ3v) is 5.46. The highest BCUT2D eigenvalue weighted by Crippen LogP contribution is 2.33. The van der Waals surface area contributed by atoms with Crippen molar-refractivity contribution in [1.82, 2.24) is 9.88 Å². The summed E-state index contributed by atoms with van der Waals surface area (Å²) in [7, 11) is 0. The van der Waals surface area contributed by atoms with E-state index in [1.54, 1.807) is 23.7 Å². The van der Waals surface area contributed by atoms with Crippen LogP contribution in [-0.4, -0.2) is 47.2 Å². The van der Waals surface area contributed by atoms with Gasteiger partial charge in [-0.2, -0.15) is 11.3 Å². The molecule has 5 nitrogen and oxygen atoms in total. The van der Waals surface area contributed by atoms with Crippen LogP contribution in [0.2, 0.25) is 0 Å². The molecular weight excluding hydrogens is 324 g/mol. The normalized spacial score (nSPS) is 26.3. The second-order valence-electron chi connectivity index (χ2n) is 6.20. The van der Waals surface area contributed by atoms with Crippen molar-refractivity contribution < 1.29 is 14.3 Å². The molecule has 3 atom stereocenters. The lowest BCUT2D eigenvalue weighted by Crippen LogP contribution is -2.53. The molecule has 6 heteroatoms. The molecule has 2 fully saturated rings. The summed E-state index contributed by atoms with van der Waals surface area (Å²) in [5.41, 5.74) is 1.89. The van der Waals surface area contributed by atoms with Crippen molar-refractivity contribution in [2.45, 2.75) is 37.7 Å². The van der Waals surface area contributed by atoms with Crippen molar-refractivity contribution >= 4 is 17.2 Å². The molecule has 126 valence electrons. The molecule has 2 aromatic rings. The Labute approximate surface area is 145 Å². The van der Waals surface area contributed by atoms with Crippen LogP contribution in [0.3, 0.4) is 0 Å². The van der Waals surface area contributed by atoms with Crippen LogP contribution in [-0.2, 0) is 16.1 Å².